The number of carbonyl (C=O) groups is 2. The highest BCUT2D eigenvalue weighted by Gasteiger charge is 2.12. The first-order valence-electron chi connectivity index (χ1n) is 9.77. The highest BCUT2D eigenvalue weighted by Crippen LogP contribution is 2.21. The molecule has 0 fully saturated rings. The number of fused-ring (bicyclic) bond motifs is 1. The zero-order valence-electron chi connectivity index (χ0n) is 17.3. The van der Waals surface area contributed by atoms with E-state index in [1.807, 2.05) is 16.9 Å². The Morgan fingerprint density at radius 2 is 1.94 bits per heavy atom. The quantitative estimate of drug-likeness (QED) is 0.320. The number of hydrogen-bond donors (Lipinski definition) is 0. The molecular weight excluding hydrogens is 455 g/mol. The first kappa shape index (κ1) is 23.6. The zero-order valence-corrected chi connectivity index (χ0v) is 19.7. The van der Waals surface area contributed by atoms with Crippen LogP contribution in [0.15, 0.2) is 52.4 Å². The van der Waals surface area contributed by atoms with E-state index in [9.17, 15) is 14.0 Å². The molecule has 0 aliphatic rings. The molecule has 3 rings (SSSR count). The normalized spacial score (nSPS) is 11.8. The summed E-state index contributed by atoms with van der Waals surface area (Å²) in [5, 5.41) is 0. The summed E-state index contributed by atoms with van der Waals surface area (Å²) in [5.41, 5.74) is 1.43. The van der Waals surface area contributed by atoms with Gasteiger partial charge in [0.1, 0.15) is 5.82 Å². The van der Waals surface area contributed by atoms with Crippen molar-refractivity contribution in [2.75, 3.05) is 24.4 Å². The van der Waals surface area contributed by atoms with Crippen LogP contribution in [0.5, 0.6) is 0 Å². The molecule has 0 N–H and O–H groups in total. The van der Waals surface area contributed by atoms with Gasteiger partial charge in [-0.1, -0.05) is 11.3 Å². The summed E-state index contributed by atoms with van der Waals surface area (Å²) in [4.78, 5) is 30.4. The molecule has 1 aromatic heterocycles. The fraction of sp³-hybridized carbons (Fsp3) is 0.318. The Bertz CT molecular complexity index is 1120. The van der Waals surface area contributed by atoms with Crippen LogP contribution in [-0.2, 0) is 16.1 Å². The number of benzene rings is 2. The van der Waals surface area contributed by atoms with E-state index in [4.69, 9.17) is 4.74 Å². The first-order valence-corrected chi connectivity index (χ1v) is 13.0. The highest BCUT2D eigenvalue weighted by molar-refractivity contribution is 7.99. The van der Waals surface area contributed by atoms with Gasteiger partial charge in [-0.25, -0.2) is 9.18 Å². The van der Waals surface area contributed by atoms with Gasteiger partial charge in [0.2, 0.25) is 5.91 Å². The second-order valence-electron chi connectivity index (χ2n) is 6.49. The van der Waals surface area contributed by atoms with Crippen molar-refractivity contribution in [2.45, 2.75) is 24.8 Å². The third kappa shape index (κ3) is 6.44. The maximum Gasteiger partial charge on any atom is 0.338 e. The number of esters is 1. The summed E-state index contributed by atoms with van der Waals surface area (Å²) >= 11 is 4.61. The number of aromatic nitrogens is 1. The van der Waals surface area contributed by atoms with E-state index < -0.39 is 0 Å². The largest absolute Gasteiger partial charge is 0.462 e. The number of ether oxygens (including phenoxy) is 1. The van der Waals surface area contributed by atoms with Gasteiger partial charge < -0.3 is 9.30 Å². The van der Waals surface area contributed by atoms with Crippen molar-refractivity contribution in [3.63, 3.8) is 0 Å². The fourth-order valence-electron chi connectivity index (χ4n) is 2.85. The molecule has 0 radical (unpaired) electrons. The second-order valence-corrected chi connectivity index (χ2v) is 9.65. The van der Waals surface area contributed by atoms with Gasteiger partial charge in [0.05, 0.1) is 22.4 Å². The van der Waals surface area contributed by atoms with E-state index in [0.29, 0.717) is 22.7 Å². The fourth-order valence-corrected chi connectivity index (χ4v) is 5.17. The van der Waals surface area contributed by atoms with Crippen LogP contribution in [0.1, 0.15) is 23.7 Å². The van der Waals surface area contributed by atoms with Crippen molar-refractivity contribution in [2.24, 2.45) is 4.99 Å². The Hall–Kier alpha value is -2.10. The van der Waals surface area contributed by atoms with Crippen LogP contribution in [0.3, 0.4) is 0 Å². The number of thiazole rings is 1. The number of nitrogens with zero attached hydrogens (tertiary/aromatic N) is 2. The van der Waals surface area contributed by atoms with Crippen LogP contribution >= 0.6 is 34.9 Å². The summed E-state index contributed by atoms with van der Waals surface area (Å²) in [7, 11) is 0. The minimum Gasteiger partial charge on any atom is -0.462 e. The SMILES string of the molecule is CCOC(=O)c1ccc2c(c1)sc(=NC(=O)CCSc1ccc(F)cc1)n2CCSC. The van der Waals surface area contributed by atoms with Gasteiger partial charge in [-0.2, -0.15) is 16.8 Å². The third-order valence-corrected chi connectivity index (χ3v) is 6.98. The lowest BCUT2D eigenvalue weighted by molar-refractivity contribution is -0.117. The number of aryl methyl sites for hydroxylation is 1. The molecule has 1 heterocycles. The van der Waals surface area contributed by atoms with Crippen LogP contribution in [0, 0.1) is 5.82 Å². The predicted octanol–water partition coefficient (Wildman–Crippen LogP) is 4.99. The van der Waals surface area contributed by atoms with E-state index in [0.717, 1.165) is 27.4 Å². The summed E-state index contributed by atoms with van der Waals surface area (Å²) in [5.74, 6) is 0.607. The van der Waals surface area contributed by atoms with Gasteiger partial charge in [-0.15, -0.1) is 11.8 Å². The van der Waals surface area contributed by atoms with Gasteiger partial charge in [0.25, 0.3) is 0 Å². The molecule has 3 aromatic rings. The number of rotatable bonds is 9. The van der Waals surface area contributed by atoms with Crippen molar-refractivity contribution >= 4 is 57.0 Å². The number of halogens is 1. The summed E-state index contributed by atoms with van der Waals surface area (Å²) in [6.07, 6.45) is 2.31. The van der Waals surface area contributed by atoms with Crippen LogP contribution in [0.2, 0.25) is 0 Å². The van der Waals surface area contributed by atoms with Gasteiger partial charge in [0.15, 0.2) is 4.80 Å². The Morgan fingerprint density at radius 1 is 1.16 bits per heavy atom. The standard InChI is InChI=1S/C22H23FN2O3S3/c1-3-28-21(27)15-4-9-18-19(14-15)31-22(25(18)11-13-29-2)24-20(26)10-12-30-17-7-5-16(23)6-8-17/h4-9,14H,3,10-13H2,1-2H3. The van der Waals surface area contributed by atoms with Gasteiger partial charge in [-0.05, 0) is 55.6 Å². The molecule has 0 spiro atoms. The Kier molecular flexibility index (Phi) is 8.74. The third-order valence-electron chi connectivity index (χ3n) is 4.33. The number of thioether (sulfide) groups is 2. The molecule has 2 aromatic carbocycles. The monoisotopic (exact) mass is 478 g/mol. The summed E-state index contributed by atoms with van der Waals surface area (Å²) in [6.45, 7) is 2.81. The summed E-state index contributed by atoms with van der Waals surface area (Å²) < 4.78 is 21.0. The first-order chi connectivity index (χ1) is 15.0. The average Bonchev–Trinajstić information content (AvgIpc) is 3.09. The second kappa shape index (κ2) is 11.5. The smallest absolute Gasteiger partial charge is 0.338 e. The van der Waals surface area contributed by atoms with E-state index in [2.05, 4.69) is 4.99 Å². The van der Waals surface area contributed by atoms with Crippen LogP contribution < -0.4 is 4.80 Å². The Balaban J connectivity index is 1.80. The molecule has 164 valence electrons. The number of carbonyl (C=O) groups excluding carboxylic acids is 2. The lowest BCUT2D eigenvalue weighted by atomic mass is 10.2. The van der Waals surface area contributed by atoms with Crippen LogP contribution in [0.25, 0.3) is 10.2 Å². The van der Waals surface area contributed by atoms with Crippen LogP contribution in [0.4, 0.5) is 4.39 Å². The van der Waals surface area contributed by atoms with E-state index in [-0.39, 0.29) is 24.1 Å². The van der Waals surface area contributed by atoms with Crippen molar-refractivity contribution < 1.29 is 18.7 Å². The molecule has 0 atom stereocenters. The van der Waals surface area contributed by atoms with Crippen molar-refractivity contribution in [3.8, 4) is 0 Å². The minimum absolute atomic E-state index is 0.204. The molecule has 5 nitrogen and oxygen atoms in total. The number of amides is 1. The predicted molar refractivity (Wildman–Crippen MR) is 126 cm³/mol. The van der Waals surface area contributed by atoms with E-state index >= 15 is 0 Å². The Labute approximate surface area is 192 Å². The molecule has 0 saturated carbocycles. The van der Waals surface area contributed by atoms with E-state index in [1.54, 1.807) is 43.0 Å². The molecular formula is C22H23FN2O3S3. The van der Waals surface area contributed by atoms with Gasteiger partial charge >= 0.3 is 5.97 Å². The molecule has 9 heteroatoms. The van der Waals surface area contributed by atoms with E-state index in [1.165, 1.54) is 35.2 Å². The topological polar surface area (TPSA) is 60.7 Å². The molecule has 0 saturated heterocycles. The Morgan fingerprint density at radius 3 is 2.65 bits per heavy atom. The van der Waals surface area contributed by atoms with Gasteiger partial charge in [0, 0.05) is 29.4 Å². The lowest BCUT2D eigenvalue weighted by Crippen LogP contribution is -2.18. The number of hydrogen-bond acceptors (Lipinski definition) is 6. The molecule has 0 bridgehead atoms. The maximum atomic E-state index is 13.0. The molecule has 1 amide bonds. The average molecular weight is 479 g/mol. The maximum absolute atomic E-state index is 13.0. The molecule has 0 aliphatic carbocycles. The van der Waals surface area contributed by atoms with Crippen molar-refractivity contribution in [3.05, 3.63) is 58.6 Å². The lowest BCUT2D eigenvalue weighted by Gasteiger charge is -2.05. The highest BCUT2D eigenvalue weighted by atomic mass is 32.2. The summed E-state index contributed by atoms with van der Waals surface area (Å²) in [6, 6.07) is 11.6. The van der Waals surface area contributed by atoms with Gasteiger partial charge in [-0.3, -0.25) is 4.79 Å². The van der Waals surface area contributed by atoms with Crippen LogP contribution in [-0.4, -0.2) is 40.8 Å². The van der Waals surface area contributed by atoms with Crippen molar-refractivity contribution in [1.82, 2.24) is 4.57 Å². The molecule has 0 unspecified atom stereocenters. The molecule has 31 heavy (non-hydrogen) atoms. The zero-order chi connectivity index (χ0) is 22.2. The molecule has 0 aliphatic heterocycles. The van der Waals surface area contributed by atoms with Crippen molar-refractivity contribution in [1.29, 1.82) is 0 Å². The minimum atomic E-state index is -0.360.